The number of aliphatic hydroxyl groups is 1. The zero-order chi connectivity index (χ0) is 13.8. The van der Waals surface area contributed by atoms with Crippen LogP contribution in [0, 0.1) is 5.92 Å². The Morgan fingerprint density at radius 1 is 1.37 bits per heavy atom. The average molecular weight is 323 g/mol. The van der Waals surface area contributed by atoms with E-state index in [1.54, 1.807) is 0 Å². The summed E-state index contributed by atoms with van der Waals surface area (Å²) in [6.45, 7) is 2.38. The third-order valence-electron chi connectivity index (χ3n) is 3.54. The highest BCUT2D eigenvalue weighted by Gasteiger charge is 2.06. The number of aryl methyl sites for hydroxylation is 1. The molecule has 2 aromatic rings. The lowest BCUT2D eigenvalue weighted by molar-refractivity contribution is 0.215. The number of hydrogen-bond donors (Lipinski definition) is 2. The van der Waals surface area contributed by atoms with Crippen molar-refractivity contribution in [2.45, 2.75) is 26.2 Å². The molecule has 2 rings (SSSR count). The van der Waals surface area contributed by atoms with Crippen molar-refractivity contribution in [3.8, 4) is 0 Å². The first-order valence-electron chi connectivity index (χ1n) is 6.59. The fourth-order valence-corrected chi connectivity index (χ4v) is 2.49. The lowest BCUT2D eigenvalue weighted by Gasteiger charge is -2.11. The highest BCUT2D eigenvalue weighted by atomic mass is 79.9. The average Bonchev–Trinajstić information content (AvgIpc) is 2.41. The van der Waals surface area contributed by atoms with Crippen molar-refractivity contribution < 1.29 is 5.11 Å². The maximum Gasteiger partial charge on any atom is 0.138 e. The number of nitrogens with zero attached hydrogens (tertiary/aromatic N) is 1. The topological polar surface area (TPSA) is 59.1 Å². The smallest absolute Gasteiger partial charge is 0.138 e. The lowest BCUT2D eigenvalue weighted by atomic mass is 9.97. The third-order valence-corrected chi connectivity index (χ3v) is 4.17. The Bertz CT molecular complexity index is 567. The number of pyridine rings is 1. The molecule has 0 bridgehead atoms. The zero-order valence-electron chi connectivity index (χ0n) is 11.1. The Kier molecular flexibility index (Phi) is 4.77. The number of rotatable bonds is 5. The molecule has 1 aromatic carbocycles. The summed E-state index contributed by atoms with van der Waals surface area (Å²) < 4.78 is 0.832. The first-order chi connectivity index (χ1) is 9.13. The van der Waals surface area contributed by atoms with Gasteiger partial charge >= 0.3 is 0 Å². The van der Waals surface area contributed by atoms with Gasteiger partial charge in [-0.15, -0.1) is 0 Å². The van der Waals surface area contributed by atoms with Gasteiger partial charge in [0, 0.05) is 12.0 Å². The number of fused-ring (bicyclic) bond motifs is 1. The minimum atomic E-state index is 0.266. The molecule has 4 heteroatoms. The molecule has 3 N–H and O–H groups in total. The molecule has 0 spiro atoms. The van der Waals surface area contributed by atoms with Crippen LogP contribution in [-0.2, 0) is 6.42 Å². The van der Waals surface area contributed by atoms with Gasteiger partial charge in [0.05, 0.1) is 9.99 Å². The number of anilines is 1. The molecule has 0 aliphatic carbocycles. The monoisotopic (exact) mass is 322 g/mol. The highest BCUT2D eigenvalue weighted by Crippen LogP contribution is 2.24. The molecule has 0 radical (unpaired) electrons. The first kappa shape index (κ1) is 14.3. The highest BCUT2D eigenvalue weighted by molar-refractivity contribution is 9.10. The molecule has 19 heavy (non-hydrogen) atoms. The van der Waals surface area contributed by atoms with Crippen LogP contribution in [0.2, 0.25) is 0 Å². The van der Waals surface area contributed by atoms with Crippen LogP contribution in [0.15, 0.2) is 28.7 Å². The molecule has 1 heterocycles. The number of aliphatic hydroxyl groups excluding tert-OH is 1. The van der Waals surface area contributed by atoms with Gasteiger partial charge in [0.2, 0.25) is 0 Å². The molecule has 1 atom stereocenters. The fraction of sp³-hybridized carbons (Fsp3) is 0.400. The van der Waals surface area contributed by atoms with Crippen molar-refractivity contribution in [2.75, 3.05) is 12.3 Å². The maximum atomic E-state index is 9.21. The van der Waals surface area contributed by atoms with Crippen molar-refractivity contribution in [1.82, 2.24) is 4.98 Å². The standard InChI is InChI=1S/C15H19BrN2O/c1-2-10(9-19)3-4-11-5-6-12-8-13(16)15(17)18-14(12)7-11/h5-8,10,19H,2-4,9H2,1H3,(H2,17,18)/t10-/m1/s1. The van der Waals surface area contributed by atoms with Gasteiger partial charge in [0.25, 0.3) is 0 Å². The Balaban J connectivity index is 2.19. The summed E-state index contributed by atoms with van der Waals surface area (Å²) in [5.74, 6) is 0.907. The minimum absolute atomic E-state index is 0.266. The lowest BCUT2D eigenvalue weighted by Crippen LogP contribution is -2.05. The molecular weight excluding hydrogens is 304 g/mol. The summed E-state index contributed by atoms with van der Waals surface area (Å²) in [6.07, 6.45) is 2.99. The molecule has 0 saturated carbocycles. The summed E-state index contributed by atoms with van der Waals surface area (Å²) in [4.78, 5) is 4.38. The van der Waals surface area contributed by atoms with Gasteiger partial charge in [-0.25, -0.2) is 4.98 Å². The molecule has 0 amide bonds. The van der Waals surface area contributed by atoms with Gasteiger partial charge in [0.15, 0.2) is 0 Å². The van der Waals surface area contributed by atoms with Crippen molar-refractivity contribution in [3.05, 3.63) is 34.3 Å². The van der Waals surface area contributed by atoms with Crippen LogP contribution in [0.4, 0.5) is 5.82 Å². The van der Waals surface area contributed by atoms with E-state index in [0.717, 1.165) is 34.6 Å². The Hall–Kier alpha value is -1.13. The van der Waals surface area contributed by atoms with Crippen LogP contribution in [0.3, 0.4) is 0 Å². The second-order valence-electron chi connectivity index (χ2n) is 4.88. The van der Waals surface area contributed by atoms with Gasteiger partial charge in [-0.2, -0.15) is 0 Å². The van der Waals surface area contributed by atoms with E-state index in [9.17, 15) is 5.11 Å². The van der Waals surface area contributed by atoms with Gasteiger partial charge in [-0.1, -0.05) is 25.5 Å². The van der Waals surface area contributed by atoms with E-state index in [2.05, 4.69) is 46.0 Å². The summed E-state index contributed by atoms with van der Waals surface area (Å²) in [5.41, 5.74) is 7.98. The molecule has 3 nitrogen and oxygen atoms in total. The molecule has 0 aliphatic heterocycles. The van der Waals surface area contributed by atoms with Crippen LogP contribution in [0.25, 0.3) is 10.9 Å². The van der Waals surface area contributed by atoms with Crippen LogP contribution in [-0.4, -0.2) is 16.7 Å². The SMILES string of the molecule is CC[C@@H](CO)CCc1ccc2cc(Br)c(N)nc2c1. The predicted octanol–water partition coefficient (Wildman–Crippen LogP) is 3.53. The number of hydrogen-bond acceptors (Lipinski definition) is 3. The van der Waals surface area contributed by atoms with E-state index in [1.807, 2.05) is 6.07 Å². The summed E-state index contributed by atoms with van der Waals surface area (Å²) in [6, 6.07) is 8.27. The first-order valence-corrected chi connectivity index (χ1v) is 7.38. The van der Waals surface area contributed by atoms with E-state index in [1.165, 1.54) is 5.56 Å². The summed E-state index contributed by atoms with van der Waals surface area (Å²) in [5, 5.41) is 10.3. The van der Waals surface area contributed by atoms with Gasteiger partial charge in [0.1, 0.15) is 5.82 Å². The number of benzene rings is 1. The van der Waals surface area contributed by atoms with Crippen LogP contribution < -0.4 is 5.73 Å². The van der Waals surface area contributed by atoms with Crippen LogP contribution in [0.5, 0.6) is 0 Å². The van der Waals surface area contributed by atoms with Gasteiger partial charge in [-0.3, -0.25) is 0 Å². The van der Waals surface area contributed by atoms with E-state index >= 15 is 0 Å². The Morgan fingerprint density at radius 2 is 2.16 bits per heavy atom. The molecule has 0 unspecified atom stereocenters. The molecular formula is C15H19BrN2O. The maximum absolute atomic E-state index is 9.21. The van der Waals surface area contributed by atoms with Crippen LogP contribution >= 0.6 is 15.9 Å². The van der Waals surface area contributed by atoms with Crippen molar-refractivity contribution in [2.24, 2.45) is 5.92 Å². The van der Waals surface area contributed by atoms with Crippen molar-refractivity contribution in [1.29, 1.82) is 0 Å². The normalized spacial score (nSPS) is 12.8. The predicted molar refractivity (Wildman–Crippen MR) is 83.0 cm³/mol. The number of nitrogens with two attached hydrogens (primary N) is 1. The van der Waals surface area contributed by atoms with Crippen LogP contribution in [0.1, 0.15) is 25.3 Å². The molecule has 102 valence electrons. The fourth-order valence-electron chi connectivity index (χ4n) is 2.15. The quantitative estimate of drug-likeness (QED) is 0.885. The van der Waals surface area contributed by atoms with Crippen molar-refractivity contribution in [3.63, 3.8) is 0 Å². The van der Waals surface area contributed by atoms with E-state index in [0.29, 0.717) is 11.7 Å². The second kappa shape index (κ2) is 6.35. The number of nitrogen functional groups attached to an aromatic ring is 1. The Labute approximate surface area is 122 Å². The number of aromatic nitrogens is 1. The number of halogens is 1. The van der Waals surface area contributed by atoms with Gasteiger partial charge in [-0.05, 0) is 52.4 Å². The largest absolute Gasteiger partial charge is 0.396 e. The molecule has 0 saturated heterocycles. The van der Waals surface area contributed by atoms with E-state index < -0.39 is 0 Å². The molecule has 0 aliphatic rings. The Morgan fingerprint density at radius 3 is 2.84 bits per heavy atom. The second-order valence-corrected chi connectivity index (χ2v) is 5.73. The summed E-state index contributed by atoms with van der Waals surface area (Å²) in [7, 11) is 0. The van der Waals surface area contributed by atoms with Gasteiger partial charge < -0.3 is 10.8 Å². The van der Waals surface area contributed by atoms with E-state index in [4.69, 9.17) is 5.73 Å². The zero-order valence-corrected chi connectivity index (χ0v) is 12.7. The molecule has 0 fully saturated rings. The third kappa shape index (κ3) is 3.45. The minimum Gasteiger partial charge on any atom is -0.396 e. The van der Waals surface area contributed by atoms with E-state index in [-0.39, 0.29) is 6.61 Å². The summed E-state index contributed by atoms with van der Waals surface area (Å²) >= 11 is 3.39. The molecule has 1 aromatic heterocycles. The van der Waals surface area contributed by atoms with Crippen molar-refractivity contribution >= 4 is 32.7 Å².